The first-order valence-corrected chi connectivity index (χ1v) is 5.41. The van der Waals surface area contributed by atoms with Crippen molar-refractivity contribution in [1.29, 1.82) is 0 Å². The molecule has 0 bridgehead atoms. The first-order chi connectivity index (χ1) is 5.54. The molecule has 0 atom stereocenters. The SMILES string of the molecule is OB(O)c1c(Br)ccc(Br)c1Br. The minimum atomic E-state index is -1.48. The molecule has 0 heterocycles. The number of hydrogen-bond donors (Lipinski definition) is 2. The van der Waals surface area contributed by atoms with E-state index < -0.39 is 7.12 Å². The van der Waals surface area contributed by atoms with Crippen molar-refractivity contribution < 1.29 is 10.0 Å². The maximum atomic E-state index is 8.98. The van der Waals surface area contributed by atoms with Crippen LogP contribution in [0.5, 0.6) is 0 Å². The zero-order valence-corrected chi connectivity index (χ0v) is 10.5. The van der Waals surface area contributed by atoms with Crippen molar-refractivity contribution in [2.45, 2.75) is 0 Å². The molecule has 0 spiro atoms. The molecule has 0 radical (unpaired) electrons. The maximum Gasteiger partial charge on any atom is 0.490 e. The van der Waals surface area contributed by atoms with Gasteiger partial charge in [0.05, 0.1) is 0 Å². The smallest absolute Gasteiger partial charge is 0.423 e. The van der Waals surface area contributed by atoms with E-state index in [0.29, 0.717) is 14.4 Å². The van der Waals surface area contributed by atoms with Gasteiger partial charge in [0.15, 0.2) is 0 Å². The fraction of sp³-hybridized carbons (Fsp3) is 0. The Morgan fingerprint density at radius 1 is 1.00 bits per heavy atom. The van der Waals surface area contributed by atoms with Gasteiger partial charge < -0.3 is 10.0 Å². The van der Waals surface area contributed by atoms with Gasteiger partial charge in [-0.2, -0.15) is 0 Å². The second kappa shape index (κ2) is 4.24. The quantitative estimate of drug-likeness (QED) is 0.592. The van der Waals surface area contributed by atoms with Crippen molar-refractivity contribution in [1.82, 2.24) is 0 Å². The molecule has 0 unspecified atom stereocenters. The molecule has 0 aliphatic rings. The van der Waals surface area contributed by atoms with E-state index in [1.54, 1.807) is 12.1 Å². The average molecular weight is 359 g/mol. The zero-order valence-electron chi connectivity index (χ0n) is 5.76. The minimum absolute atomic E-state index is 0.421. The van der Waals surface area contributed by atoms with Crippen LogP contribution in [0.3, 0.4) is 0 Å². The molecule has 2 nitrogen and oxygen atoms in total. The van der Waals surface area contributed by atoms with Crippen LogP contribution < -0.4 is 5.46 Å². The van der Waals surface area contributed by atoms with Crippen LogP contribution in [0.15, 0.2) is 25.6 Å². The molecule has 0 fully saturated rings. The summed E-state index contributed by atoms with van der Waals surface area (Å²) in [5.41, 5.74) is 0.421. The highest BCUT2D eigenvalue weighted by atomic mass is 79.9. The van der Waals surface area contributed by atoms with Gasteiger partial charge in [-0.25, -0.2) is 0 Å². The topological polar surface area (TPSA) is 40.5 Å². The Bertz CT molecular complexity index is 303. The molecule has 1 aromatic rings. The standard InChI is InChI=1S/C6H4BBr3O2/c8-3-1-2-4(9)6(10)5(3)7(11)12/h1-2,11-12H. The van der Waals surface area contributed by atoms with Crippen LogP contribution in [0.25, 0.3) is 0 Å². The van der Waals surface area contributed by atoms with Gasteiger partial charge >= 0.3 is 7.12 Å². The lowest BCUT2D eigenvalue weighted by Crippen LogP contribution is -2.32. The van der Waals surface area contributed by atoms with E-state index in [1.165, 1.54) is 0 Å². The molecule has 64 valence electrons. The third kappa shape index (κ3) is 2.11. The van der Waals surface area contributed by atoms with Gasteiger partial charge in [0.1, 0.15) is 0 Å². The van der Waals surface area contributed by atoms with Crippen LogP contribution in [0.2, 0.25) is 0 Å². The number of benzene rings is 1. The molecule has 1 rings (SSSR count). The first kappa shape index (κ1) is 10.7. The Morgan fingerprint density at radius 2 is 1.50 bits per heavy atom. The fourth-order valence-electron chi connectivity index (χ4n) is 0.779. The molecule has 0 saturated carbocycles. The number of halogens is 3. The summed E-state index contributed by atoms with van der Waals surface area (Å²) < 4.78 is 2.09. The van der Waals surface area contributed by atoms with Crippen molar-refractivity contribution in [3.05, 3.63) is 25.6 Å². The van der Waals surface area contributed by atoms with Gasteiger partial charge in [-0.3, -0.25) is 0 Å². The summed E-state index contributed by atoms with van der Waals surface area (Å²) in [7, 11) is -1.48. The van der Waals surface area contributed by atoms with E-state index in [1.807, 2.05) is 0 Å². The van der Waals surface area contributed by atoms with Crippen LogP contribution in [-0.2, 0) is 0 Å². The van der Waals surface area contributed by atoms with Gasteiger partial charge in [-0.15, -0.1) is 0 Å². The molecule has 0 saturated heterocycles. The lowest BCUT2D eigenvalue weighted by atomic mass is 9.80. The molecule has 12 heavy (non-hydrogen) atoms. The summed E-state index contributed by atoms with van der Waals surface area (Å²) >= 11 is 9.70. The predicted octanol–water partition coefficient (Wildman–Crippen LogP) is 1.65. The molecule has 0 aliphatic carbocycles. The highest BCUT2D eigenvalue weighted by Crippen LogP contribution is 2.24. The minimum Gasteiger partial charge on any atom is -0.423 e. The Balaban J connectivity index is 3.33. The third-order valence-corrected chi connectivity index (χ3v) is 4.08. The second-order valence-corrected chi connectivity index (χ2v) is 4.63. The molecular weight excluding hydrogens is 355 g/mol. The Kier molecular flexibility index (Phi) is 3.79. The van der Waals surface area contributed by atoms with Crippen molar-refractivity contribution in [2.24, 2.45) is 0 Å². The van der Waals surface area contributed by atoms with E-state index in [9.17, 15) is 0 Å². The number of hydrogen-bond acceptors (Lipinski definition) is 2. The molecular formula is C6H4BBr3O2. The van der Waals surface area contributed by atoms with E-state index in [-0.39, 0.29) is 0 Å². The Hall–Kier alpha value is 0.645. The molecule has 0 aromatic heterocycles. The van der Waals surface area contributed by atoms with Crippen LogP contribution in [-0.4, -0.2) is 17.2 Å². The first-order valence-electron chi connectivity index (χ1n) is 3.03. The van der Waals surface area contributed by atoms with Crippen molar-refractivity contribution in [3.8, 4) is 0 Å². The average Bonchev–Trinajstić information content (AvgIpc) is 1.97. The molecule has 0 amide bonds. The normalized spacial score (nSPS) is 10.1. The van der Waals surface area contributed by atoms with Crippen LogP contribution in [0.1, 0.15) is 0 Å². The van der Waals surface area contributed by atoms with Crippen LogP contribution >= 0.6 is 47.8 Å². The summed E-state index contributed by atoms with van der Waals surface area (Å²) in [6.07, 6.45) is 0. The lowest BCUT2D eigenvalue weighted by Gasteiger charge is -2.07. The summed E-state index contributed by atoms with van der Waals surface area (Å²) in [6, 6.07) is 3.55. The van der Waals surface area contributed by atoms with Crippen molar-refractivity contribution >= 4 is 60.4 Å². The van der Waals surface area contributed by atoms with E-state index in [0.717, 1.165) is 4.47 Å². The largest absolute Gasteiger partial charge is 0.490 e. The Labute approximate surface area is 95.5 Å². The monoisotopic (exact) mass is 356 g/mol. The molecule has 2 N–H and O–H groups in total. The van der Waals surface area contributed by atoms with Gasteiger partial charge in [-0.05, 0) is 44.0 Å². The highest BCUT2D eigenvalue weighted by molar-refractivity contribution is 9.13. The summed E-state index contributed by atoms with van der Waals surface area (Å²) in [5, 5.41) is 18.0. The zero-order chi connectivity index (χ0) is 9.30. The second-order valence-electron chi connectivity index (χ2n) is 2.13. The predicted molar refractivity (Wildman–Crippen MR) is 59.4 cm³/mol. The highest BCUT2D eigenvalue weighted by Gasteiger charge is 2.19. The van der Waals surface area contributed by atoms with Crippen LogP contribution in [0, 0.1) is 0 Å². The van der Waals surface area contributed by atoms with E-state index in [4.69, 9.17) is 10.0 Å². The van der Waals surface area contributed by atoms with Crippen LogP contribution in [0.4, 0.5) is 0 Å². The van der Waals surface area contributed by atoms with Gasteiger partial charge in [-0.1, -0.05) is 15.9 Å². The van der Waals surface area contributed by atoms with E-state index >= 15 is 0 Å². The summed E-state index contributed by atoms with van der Waals surface area (Å²) in [4.78, 5) is 0. The molecule has 6 heteroatoms. The lowest BCUT2D eigenvalue weighted by molar-refractivity contribution is 0.425. The summed E-state index contributed by atoms with van der Waals surface area (Å²) in [5.74, 6) is 0. The van der Waals surface area contributed by atoms with Crippen molar-refractivity contribution in [2.75, 3.05) is 0 Å². The van der Waals surface area contributed by atoms with E-state index in [2.05, 4.69) is 47.8 Å². The number of rotatable bonds is 1. The van der Waals surface area contributed by atoms with Crippen molar-refractivity contribution in [3.63, 3.8) is 0 Å². The van der Waals surface area contributed by atoms with Gasteiger partial charge in [0, 0.05) is 18.9 Å². The third-order valence-electron chi connectivity index (χ3n) is 1.34. The Morgan fingerprint density at radius 3 is 1.92 bits per heavy atom. The molecule has 1 aromatic carbocycles. The van der Waals surface area contributed by atoms with Gasteiger partial charge in [0.25, 0.3) is 0 Å². The van der Waals surface area contributed by atoms with Gasteiger partial charge in [0.2, 0.25) is 0 Å². The maximum absolute atomic E-state index is 8.98. The molecule has 0 aliphatic heterocycles. The fourth-order valence-corrected chi connectivity index (χ4v) is 2.48. The summed E-state index contributed by atoms with van der Waals surface area (Å²) in [6.45, 7) is 0.